The van der Waals surface area contributed by atoms with Crippen molar-refractivity contribution < 1.29 is 9.59 Å². The van der Waals surface area contributed by atoms with Crippen molar-refractivity contribution in [3.05, 3.63) is 75.1 Å². The van der Waals surface area contributed by atoms with E-state index >= 15 is 0 Å². The summed E-state index contributed by atoms with van der Waals surface area (Å²) in [6.07, 6.45) is 1.72. The first kappa shape index (κ1) is 15.8. The molecule has 0 spiro atoms. The number of nitrogens with zero attached hydrogens (tertiary/aromatic N) is 1. The fourth-order valence-corrected chi connectivity index (χ4v) is 3.19. The monoisotopic (exact) mass is 343 g/mol. The Bertz CT molecular complexity index is 782. The van der Waals surface area contributed by atoms with Gasteiger partial charge in [0.05, 0.1) is 11.4 Å². The Labute approximate surface area is 143 Å². The first-order chi connectivity index (χ1) is 11.0. The molecule has 5 heteroatoms. The lowest BCUT2D eigenvalue weighted by Gasteiger charge is -2.12. The van der Waals surface area contributed by atoms with Crippen molar-refractivity contribution in [2.24, 2.45) is 0 Å². The van der Waals surface area contributed by atoms with E-state index < -0.39 is 0 Å². The summed E-state index contributed by atoms with van der Waals surface area (Å²) in [5, 5.41) is 0.394. The van der Waals surface area contributed by atoms with Crippen LogP contribution < -0.4 is 0 Å². The van der Waals surface area contributed by atoms with Crippen LogP contribution in [0.1, 0.15) is 16.7 Å². The number of amides is 2. The van der Waals surface area contributed by atoms with Gasteiger partial charge in [0.25, 0.3) is 11.1 Å². The number of carbonyl (C=O) groups is 2. The van der Waals surface area contributed by atoms with Crippen molar-refractivity contribution in [3.63, 3.8) is 0 Å². The summed E-state index contributed by atoms with van der Waals surface area (Å²) in [5.74, 6) is -0.254. The van der Waals surface area contributed by atoms with E-state index in [9.17, 15) is 9.59 Å². The number of halogens is 1. The molecule has 3 rings (SSSR count). The first-order valence-corrected chi connectivity index (χ1v) is 8.29. The lowest BCUT2D eigenvalue weighted by Crippen LogP contribution is -2.27. The Kier molecular flexibility index (Phi) is 4.55. The first-order valence-electron chi connectivity index (χ1n) is 7.09. The van der Waals surface area contributed by atoms with Crippen LogP contribution in [0.25, 0.3) is 6.08 Å². The highest BCUT2D eigenvalue weighted by molar-refractivity contribution is 8.18. The molecule has 23 heavy (non-hydrogen) atoms. The molecule has 1 saturated heterocycles. The van der Waals surface area contributed by atoms with Gasteiger partial charge in [0, 0.05) is 5.02 Å². The van der Waals surface area contributed by atoms with Crippen LogP contribution in [0.4, 0.5) is 4.79 Å². The van der Waals surface area contributed by atoms with E-state index in [0.717, 1.165) is 28.5 Å². The highest BCUT2D eigenvalue weighted by Crippen LogP contribution is 2.33. The molecule has 1 aliphatic rings. The molecule has 0 radical (unpaired) electrons. The second-order valence-corrected chi connectivity index (χ2v) is 6.73. The molecule has 0 N–H and O–H groups in total. The zero-order valence-corrected chi connectivity index (χ0v) is 14.0. The highest BCUT2D eigenvalue weighted by atomic mass is 35.5. The molecule has 1 heterocycles. The van der Waals surface area contributed by atoms with E-state index in [4.69, 9.17) is 11.6 Å². The third-order valence-electron chi connectivity index (χ3n) is 3.50. The second-order valence-electron chi connectivity index (χ2n) is 5.31. The maximum atomic E-state index is 12.4. The summed E-state index contributed by atoms with van der Waals surface area (Å²) in [6, 6.07) is 14.9. The van der Waals surface area contributed by atoms with Gasteiger partial charge in [-0.2, -0.15) is 0 Å². The molecule has 1 fully saturated rings. The molecule has 0 unspecified atom stereocenters. The number of aryl methyl sites for hydroxylation is 1. The van der Waals surface area contributed by atoms with Crippen LogP contribution in [0, 0.1) is 6.92 Å². The van der Waals surface area contributed by atoms with Crippen molar-refractivity contribution in [1.29, 1.82) is 0 Å². The number of rotatable bonds is 3. The Morgan fingerprint density at radius 3 is 2.35 bits per heavy atom. The third-order valence-corrected chi connectivity index (χ3v) is 4.66. The van der Waals surface area contributed by atoms with E-state index in [0.29, 0.717) is 16.5 Å². The molecule has 3 nitrogen and oxygen atoms in total. The van der Waals surface area contributed by atoms with E-state index in [1.54, 1.807) is 18.2 Å². The molecule has 116 valence electrons. The smallest absolute Gasteiger partial charge is 0.268 e. The number of thioether (sulfide) groups is 1. The molecule has 0 aliphatic carbocycles. The number of hydrogen-bond acceptors (Lipinski definition) is 3. The Balaban J connectivity index is 1.79. The summed E-state index contributed by atoms with van der Waals surface area (Å²) < 4.78 is 0. The SMILES string of the molecule is Cc1ccc(CN2C(=O)S/C(=C\c3ccc(Cl)cc3)C2=O)cc1. The van der Waals surface area contributed by atoms with Gasteiger partial charge in [-0.25, -0.2) is 0 Å². The van der Waals surface area contributed by atoms with Crippen molar-refractivity contribution in [2.45, 2.75) is 13.5 Å². The summed E-state index contributed by atoms with van der Waals surface area (Å²) >= 11 is 6.82. The zero-order valence-electron chi connectivity index (χ0n) is 12.5. The van der Waals surface area contributed by atoms with Gasteiger partial charge in [0.2, 0.25) is 0 Å². The molecule has 0 aromatic heterocycles. The topological polar surface area (TPSA) is 37.4 Å². The van der Waals surface area contributed by atoms with Gasteiger partial charge >= 0.3 is 0 Å². The predicted octanol–water partition coefficient (Wildman–Crippen LogP) is 4.88. The quantitative estimate of drug-likeness (QED) is 0.745. The van der Waals surface area contributed by atoms with Gasteiger partial charge in [0.1, 0.15) is 0 Å². The van der Waals surface area contributed by atoms with Crippen LogP contribution in [0.5, 0.6) is 0 Å². The van der Waals surface area contributed by atoms with E-state index in [2.05, 4.69) is 0 Å². The summed E-state index contributed by atoms with van der Waals surface area (Å²) in [4.78, 5) is 26.3. The highest BCUT2D eigenvalue weighted by Gasteiger charge is 2.34. The van der Waals surface area contributed by atoms with Gasteiger partial charge in [-0.05, 0) is 48.0 Å². The number of benzene rings is 2. The largest absolute Gasteiger partial charge is 0.293 e. The molecule has 0 bridgehead atoms. The molecular weight excluding hydrogens is 330 g/mol. The van der Waals surface area contributed by atoms with Gasteiger partial charge in [-0.3, -0.25) is 14.5 Å². The van der Waals surface area contributed by atoms with E-state index in [1.165, 1.54) is 4.90 Å². The number of carbonyl (C=O) groups excluding carboxylic acids is 2. The minimum absolute atomic E-state index is 0.240. The lowest BCUT2D eigenvalue weighted by atomic mass is 10.1. The van der Waals surface area contributed by atoms with Crippen LogP contribution in [0.3, 0.4) is 0 Å². The molecule has 0 atom stereocenters. The van der Waals surface area contributed by atoms with Crippen molar-refractivity contribution in [1.82, 2.24) is 4.90 Å². The van der Waals surface area contributed by atoms with Crippen LogP contribution in [-0.4, -0.2) is 16.0 Å². The maximum absolute atomic E-state index is 12.4. The van der Waals surface area contributed by atoms with E-state index in [-0.39, 0.29) is 11.1 Å². The molecule has 2 aromatic rings. The summed E-state index contributed by atoms with van der Waals surface area (Å²) in [6.45, 7) is 2.29. The Morgan fingerprint density at radius 2 is 1.70 bits per heavy atom. The summed E-state index contributed by atoms with van der Waals surface area (Å²) in [5.41, 5.74) is 2.92. The molecule has 2 aromatic carbocycles. The number of hydrogen-bond donors (Lipinski definition) is 0. The van der Waals surface area contributed by atoms with Crippen LogP contribution >= 0.6 is 23.4 Å². The maximum Gasteiger partial charge on any atom is 0.293 e. The van der Waals surface area contributed by atoms with Crippen LogP contribution in [0.2, 0.25) is 5.02 Å². The normalized spacial score (nSPS) is 16.4. The second kappa shape index (κ2) is 6.60. The minimum Gasteiger partial charge on any atom is -0.268 e. The van der Waals surface area contributed by atoms with Crippen LogP contribution in [0.15, 0.2) is 53.4 Å². The average molecular weight is 344 g/mol. The molecular formula is C18H14ClNO2S. The predicted molar refractivity (Wildman–Crippen MR) is 94.1 cm³/mol. The minimum atomic E-state index is -0.254. The van der Waals surface area contributed by atoms with Gasteiger partial charge in [-0.15, -0.1) is 0 Å². The van der Waals surface area contributed by atoms with E-state index in [1.807, 2.05) is 43.3 Å². The molecule has 2 amide bonds. The standard InChI is InChI=1S/C18H14ClNO2S/c1-12-2-4-14(5-3-12)11-20-17(21)16(23-18(20)22)10-13-6-8-15(19)9-7-13/h2-10H,11H2,1H3/b16-10-. The molecule has 1 aliphatic heterocycles. The fourth-order valence-electron chi connectivity index (χ4n) is 2.22. The van der Waals surface area contributed by atoms with Crippen molar-refractivity contribution in [3.8, 4) is 0 Å². The molecule has 0 saturated carbocycles. The number of imide groups is 1. The van der Waals surface area contributed by atoms with Gasteiger partial charge in [0.15, 0.2) is 0 Å². The fraction of sp³-hybridized carbons (Fsp3) is 0.111. The Hall–Kier alpha value is -2.04. The third kappa shape index (κ3) is 3.66. The Morgan fingerprint density at radius 1 is 1.04 bits per heavy atom. The summed E-state index contributed by atoms with van der Waals surface area (Å²) in [7, 11) is 0. The van der Waals surface area contributed by atoms with Crippen molar-refractivity contribution in [2.75, 3.05) is 0 Å². The lowest BCUT2D eigenvalue weighted by molar-refractivity contribution is -0.123. The van der Waals surface area contributed by atoms with Crippen LogP contribution in [-0.2, 0) is 11.3 Å². The zero-order chi connectivity index (χ0) is 16.4. The average Bonchev–Trinajstić information content (AvgIpc) is 2.79. The van der Waals surface area contributed by atoms with Crippen molar-refractivity contribution >= 4 is 40.6 Å². The van der Waals surface area contributed by atoms with Gasteiger partial charge in [-0.1, -0.05) is 53.6 Å². The van der Waals surface area contributed by atoms with Gasteiger partial charge < -0.3 is 0 Å².